The summed E-state index contributed by atoms with van der Waals surface area (Å²) >= 11 is 1.75. The Kier molecular flexibility index (Phi) is 1.51. The molecule has 0 saturated heterocycles. The lowest BCUT2D eigenvalue weighted by Crippen LogP contribution is -2.01. The molecule has 1 fully saturated rings. The van der Waals surface area contributed by atoms with Crippen molar-refractivity contribution in [1.82, 2.24) is 4.98 Å². The minimum atomic E-state index is 0.415. The van der Waals surface area contributed by atoms with Crippen molar-refractivity contribution in [2.45, 2.75) is 31.7 Å². The molecule has 2 nitrogen and oxygen atoms in total. The smallest absolute Gasteiger partial charge is 0.0988 e. The summed E-state index contributed by atoms with van der Waals surface area (Å²) in [4.78, 5) is 4.46. The summed E-state index contributed by atoms with van der Waals surface area (Å²) in [7, 11) is 0. The molecule has 0 spiro atoms. The molecule has 3 heteroatoms. The molecule has 2 rings (SSSR count). The van der Waals surface area contributed by atoms with Crippen molar-refractivity contribution in [1.29, 1.82) is 0 Å². The zero-order chi connectivity index (χ0) is 7.90. The summed E-state index contributed by atoms with van der Waals surface area (Å²) in [6, 6.07) is 0. The first kappa shape index (κ1) is 7.25. The fraction of sp³-hybridized carbons (Fsp3) is 0.625. The second-order valence-electron chi connectivity index (χ2n) is 3.41. The van der Waals surface area contributed by atoms with E-state index < -0.39 is 0 Å². The Morgan fingerprint density at radius 3 is 2.91 bits per heavy atom. The SMILES string of the molecule is CC1(c2nc(CN)cs2)CC1. The van der Waals surface area contributed by atoms with Crippen LogP contribution in [0.25, 0.3) is 0 Å². The number of nitrogens with two attached hydrogens (primary N) is 1. The highest BCUT2D eigenvalue weighted by molar-refractivity contribution is 7.09. The molecule has 1 heterocycles. The fourth-order valence-corrected chi connectivity index (χ4v) is 2.13. The number of rotatable bonds is 2. The van der Waals surface area contributed by atoms with Crippen LogP contribution in [0.4, 0.5) is 0 Å². The van der Waals surface area contributed by atoms with E-state index in [1.54, 1.807) is 11.3 Å². The molecule has 1 aliphatic rings. The van der Waals surface area contributed by atoms with Crippen LogP contribution in [-0.2, 0) is 12.0 Å². The maximum Gasteiger partial charge on any atom is 0.0988 e. The Labute approximate surface area is 70.5 Å². The van der Waals surface area contributed by atoms with Crippen LogP contribution in [0.5, 0.6) is 0 Å². The third kappa shape index (κ3) is 1.19. The average molecular weight is 168 g/mol. The third-order valence-electron chi connectivity index (χ3n) is 2.28. The standard InChI is InChI=1S/C8H12N2S/c1-8(2-3-8)7-10-6(4-9)5-11-7/h5H,2-4,9H2,1H3. The maximum atomic E-state index is 5.47. The first-order valence-electron chi connectivity index (χ1n) is 3.89. The van der Waals surface area contributed by atoms with E-state index in [1.165, 1.54) is 17.8 Å². The molecule has 0 aliphatic heterocycles. The lowest BCUT2D eigenvalue weighted by atomic mass is 10.2. The molecule has 1 aliphatic carbocycles. The lowest BCUT2D eigenvalue weighted by Gasteiger charge is -2.00. The van der Waals surface area contributed by atoms with Gasteiger partial charge in [0.05, 0.1) is 10.7 Å². The number of thiazole rings is 1. The van der Waals surface area contributed by atoms with Crippen LogP contribution in [0.3, 0.4) is 0 Å². The highest BCUT2D eigenvalue weighted by atomic mass is 32.1. The second kappa shape index (κ2) is 2.29. The van der Waals surface area contributed by atoms with E-state index in [0.29, 0.717) is 12.0 Å². The normalized spacial score (nSPS) is 20.2. The molecular weight excluding hydrogens is 156 g/mol. The van der Waals surface area contributed by atoms with Crippen molar-refractivity contribution in [2.24, 2.45) is 5.73 Å². The van der Waals surface area contributed by atoms with Gasteiger partial charge in [-0.3, -0.25) is 0 Å². The number of nitrogens with zero attached hydrogens (tertiary/aromatic N) is 1. The molecular formula is C8H12N2S. The van der Waals surface area contributed by atoms with E-state index in [-0.39, 0.29) is 0 Å². The Balaban J connectivity index is 2.25. The maximum absolute atomic E-state index is 5.47. The van der Waals surface area contributed by atoms with Gasteiger partial charge in [-0.2, -0.15) is 0 Å². The number of aromatic nitrogens is 1. The topological polar surface area (TPSA) is 38.9 Å². The van der Waals surface area contributed by atoms with E-state index in [4.69, 9.17) is 5.73 Å². The van der Waals surface area contributed by atoms with E-state index >= 15 is 0 Å². The molecule has 0 aromatic carbocycles. The van der Waals surface area contributed by atoms with Gasteiger partial charge in [-0.15, -0.1) is 11.3 Å². The van der Waals surface area contributed by atoms with Gasteiger partial charge in [0.1, 0.15) is 0 Å². The predicted octanol–water partition coefficient (Wildman–Crippen LogP) is 1.65. The molecule has 60 valence electrons. The molecule has 0 unspecified atom stereocenters. The van der Waals surface area contributed by atoms with Crippen LogP contribution in [-0.4, -0.2) is 4.98 Å². The van der Waals surface area contributed by atoms with Gasteiger partial charge in [0.25, 0.3) is 0 Å². The Morgan fingerprint density at radius 1 is 1.73 bits per heavy atom. The summed E-state index contributed by atoms with van der Waals surface area (Å²) in [6.07, 6.45) is 2.59. The third-order valence-corrected chi connectivity index (χ3v) is 3.47. The van der Waals surface area contributed by atoms with Crippen LogP contribution >= 0.6 is 11.3 Å². The minimum Gasteiger partial charge on any atom is -0.325 e. The zero-order valence-corrected chi connectivity index (χ0v) is 7.45. The average Bonchev–Trinajstić information content (AvgIpc) is 2.61. The summed E-state index contributed by atoms with van der Waals surface area (Å²) in [6.45, 7) is 2.85. The van der Waals surface area contributed by atoms with E-state index in [9.17, 15) is 0 Å². The van der Waals surface area contributed by atoms with Crippen LogP contribution in [0.15, 0.2) is 5.38 Å². The second-order valence-corrected chi connectivity index (χ2v) is 4.27. The Bertz CT molecular complexity index is 263. The lowest BCUT2D eigenvalue weighted by molar-refractivity contribution is 0.767. The van der Waals surface area contributed by atoms with Gasteiger partial charge >= 0.3 is 0 Å². The van der Waals surface area contributed by atoms with E-state index in [0.717, 1.165) is 5.69 Å². The van der Waals surface area contributed by atoms with Gasteiger partial charge in [0.2, 0.25) is 0 Å². The molecule has 1 aromatic rings. The van der Waals surface area contributed by atoms with Gasteiger partial charge in [0, 0.05) is 17.3 Å². The molecule has 0 bridgehead atoms. The van der Waals surface area contributed by atoms with Crippen molar-refractivity contribution in [3.8, 4) is 0 Å². The summed E-state index contributed by atoms with van der Waals surface area (Å²) in [5, 5.41) is 3.34. The van der Waals surface area contributed by atoms with Gasteiger partial charge in [-0.1, -0.05) is 6.92 Å². The van der Waals surface area contributed by atoms with Gasteiger partial charge in [-0.25, -0.2) is 4.98 Å². The largest absolute Gasteiger partial charge is 0.325 e. The predicted molar refractivity (Wildman–Crippen MR) is 46.6 cm³/mol. The molecule has 0 radical (unpaired) electrons. The number of hydrogen-bond acceptors (Lipinski definition) is 3. The van der Waals surface area contributed by atoms with Crippen LogP contribution in [0, 0.1) is 0 Å². The quantitative estimate of drug-likeness (QED) is 0.729. The first-order chi connectivity index (χ1) is 5.24. The minimum absolute atomic E-state index is 0.415. The van der Waals surface area contributed by atoms with Crippen molar-refractivity contribution in [3.05, 3.63) is 16.1 Å². The van der Waals surface area contributed by atoms with Gasteiger partial charge in [-0.05, 0) is 12.8 Å². The van der Waals surface area contributed by atoms with Crippen molar-refractivity contribution in [2.75, 3.05) is 0 Å². The zero-order valence-electron chi connectivity index (χ0n) is 6.63. The van der Waals surface area contributed by atoms with Crippen LogP contribution in [0.1, 0.15) is 30.5 Å². The molecule has 1 aromatic heterocycles. The summed E-state index contributed by atoms with van der Waals surface area (Å²) < 4.78 is 0. The molecule has 2 N–H and O–H groups in total. The van der Waals surface area contributed by atoms with Crippen LogP contribution < -0.4 is 5.73 Å². The fourth-order valence-electron chi connectivity index (χ4n) is 1.08. The van der Waals surface area contributed by atoms with E-state index in [2.05, 4.69) is 17.3 Å². The molecule has 0 atom stereocenters. The monoisotopic (exact) mass is 168 g/mol. The molecule has 1 saturated carbocycles. The Morgan fingerprint density at radius 2 is 2.45 bits per heavy atom. The van der Waals surface area contributed by atoms with Crippen LogP contribution in [0.2, 0.25) is 0 Å². The summed E-state index contributed by atoms with van der Waals surface area (Å²) in [5.41, 5.74) is 6.93. The van der Waals surface area contributed by atoms with Crippen molar-refractivity contribution >= 4 is 11.3 Å². The first-order valence-corrected chi connectivity index (χ1v) is 4.77. The molecule has 11 heavy (non-hydrogen) atoms. The van der Waals surface area contributed by atoms with Gasteiger partial charge < -0.3 is 5.73 Å². The van der Waals surface area contributed by atoms with Gasteiger partial charge in [0.15, 0.2) is 0 Å². The van der Waals surface area contributed by atoms with Crippen molar-refractivity contribution in [3.63, 3.8) is 0 Å². The highest BCUT2D eigenvalue weighted by Crippen LogP contribution is 2.48. The Hall–Kier alpha value is -0.410. The van der Waals surface area contributed by atoms with Crippen molar-refractivity contribution < 1.29 is 0 Å². The number of hydrogen-bond donors (Lipinski definition) is 1. The molecule has 0 amide bonds. The summed E-state index contributed by atoms with van der Waals surface area (Å²) in [5.74, 6) is 0. The highest BCUT2D eigenvalue weighted by Gasteiger charge is 2.41. The van der Waals surface area contributed by atoms with E-state index in [1.807, 2.05) is 0 Å².